The van der Waals surface area contributed by atoms with Gasteiger partial charge in [-0.05, 0) is 0 Å². The summed E-state index contributed by atoms with van der Waals surface area (Å²) in [5, 5.41) is 0. The molecule has 0 atom stereocenters. The van der Waals surface area contributed by atoms with Crippen LogP contribution in [0, 0.1) is 0 Å². The molecule has 0 aliphatic heterocycles. The smallest absolute Gasteiger partial charge is 0.0224 e. The van der Waals surface area contributed by atoms with Gasteiger partial charge in [-0.2, -0.15) is 0 Å². The summed E-state index contributed by atoms with van der Waals surface area (Å²) in [5.41, 5.74) is 1.04. The van der Waals surface area contributed by atoms with Crippen LogP contribution in [-0.4, -0.2) is 9.52 Å². The Morgan fingerprint density at radius 3 is 1.62 bits per heavy atom. The maximum atomic E-state index is 2.39. The molecular weight excluding hydrogens is 232 g/mol. The third kappa shape index (κ3) is 16.9. The van der Waals surface area contributed by atoms with Crippen LogP contribution in [0.2, 0.25) is 11.6 Å². The standard InChI is InChI=1S/C14H32Si.ClH/c1-4-5-6-7-8-9-10-11-12-13-15-14(2)3;/h14H,4-13,15H2,1-3H3;1H. The summed E-state index contributed by atoms with van der Waals surface area (Å²) in [4.78, 5) is 0. The molecule has 0 aromatic rings. The third-order valence-electron chi connectivity index (χ3n) is 3.14. The van der Waals surface area contributed by atoms with Crippen molar-refractivity contribution in [2.24, 2.45) is 0 Å². The Kier molecular flexibility index (Phi) is 18.3. The molecule has 0 radical (unpaired) electrons. The van der Waals surface area contributed by atoms with E-state index in [0.29, 0.717) is 9.52 Å². The van der Waals surface area contributed by atoms with Crippen molar-refractivity contribution in [3.8, 4) is 0 Å². The number of rotatable bonds is 11. The van der Waals surface area contributed by atoms with Gasteiger partial charge in [0.25, 0.3) is 0 Å². The molecule has 0 bridgehead atoms. The van der Waals surface area contributed by atoms with E-state index in [1.165, 1.54) is 57.8 Å². The van der Waals surface area contributed by atoms with Crippen molar-refractivity contribution in [3.05, 3.63) is 0 Å². The maximum absolute atomic E-state index is 2.39. The van der Waals surface area contributed by atoms with E-state index < -0.39 is 0 Å². The number of halogens is 1. The lowest BCUT2D eigenvalue weighted by molar-refractivity contribution is 0.572. The topological polar surface area (TPSA) is 0 Å². The van der Waals surface area contributed by atoms with Gasteiger partial charge in [-0.15, -0.1) is 12.4 Å². The number of hydrogen-bond acceptors (Lipinski definition) is 0. The average molecular weight is 265 g/mol. The van der Waals surface area contributed by atoms with Crippen molar-refractivity contribution >= 4 is 21.9 Å². The highest BCUT2D eigenvalue weighted by atomic mass is 35.5. The lowest BCUT2D eigenvalue weighted by Crippen LogP contribution is -1.94. The Balaban J connectivity index is 0. The molecule has 0 aromatic carbocycles. The van der Waals surface area contributed by atoms with Crippen LogP contribution in [0.1, 0.15) is 78.6 Å². The van der Waals surface area contributed by atoms with E-state index >= 15 is 0 Å². The Labute approximate surface area is 112 Å². The van der Waals surface area contributed by atoms with E-state index in [1.54, 1.807) is 6.04 Å². The first kappa shape index (κ1) is 18.9. The molecule has 0 aliphatic rings. The van der Waals surface area contributed by atoms with Gasteiger partial charge in [0.2, 0.25) is 0 Å². The highest BCUT2D eigenvalue weighted by Gasteiger charge is 1.95. The zero-order valence-corrected chi connectivity index (χ0v) is 14.0. The van der Waals surface area contributed by atoms with Crippen molar-refractivity contribution in [2.45, 2.75) is 90.1 Å². The molecule has 0 spiro atoms. The summed E-state index contributed by atoms with van der Waals surface area (Å²) >= 11 is 0. The summed E-state index contributed by atoms with van der Waals surface area (Å²) in [6, 6.07) is 1.59. The Bertz CT molecular complexity index is 115. The summed E-state index contributed by atoms with van der Waals surface area (Å²) in [6.07, 6.45) is 13.3. The van der Waals surface area contributed by atoms with Gasteiger partial charge < -0.3 is 0 Å². The molecule has 0 saturated carbocycles. The van der Waals surface area contributed by atoms with E-state index in [2.05, 4.69) is 20.8 Å². The molecule has 0 aliphatic carbocycles. The second-order valence-corrected chi connectivity index (χ2v) is 8.28. The molecule has 2 heteroatoms. The minimum atomic E-state index is 0. The highest BCUT2D eigenvalue weighted by Crippen LogP contribution is 2.11. The molecule has 0 nitrogen and oxygen atoms in total. The van der Waals surface area contributed by atoms with Gasteiger partial charge in [-0.3, -0.25) is 0 Å². The Hall–Kier alpha value is 0.507. The molecule has 16 heavy (non-hydrogen) atoms. The third-order valence-corrected chi connectivity index (χ3v) is 5.20. The molecule has 0 unspecified atom stereocenters. The number of hydrogen-bond donors (Lipinski definition) is 0. The van der Waals surface area contributed by atoms with E-state index in [0.717, 1.165) is 5.54 Å². The van der Waals surface area contributed by atoms with Crippen LogP contribution in [0.15, 0.2) is 0 Å². The molecule has 0 heterocycles. The van der Waals surface area contributed by atoms with E-state index in [9.17, 15) is 0 Å². The fraction of sp³-hybridized carbons (Fsp3) is 1.00. The molecule has 0 saturated heterocycles. The average Bonchev–Trinajstić information content (AvgIpc) is 2.20. The fourth-order valence-corrected chi connectivity index (χ4v) is 3.50. The predicted octanol–water partition coefficient (Wildman–Crippen LogP) is 5.35. The Morgan fingerprint density at radius 1 is 0.750 bits per heavy atom. The molecule has 0 amide bonds. The van der Waals surface area contributed by atoms with Gasteiger partial charge in [0, 0.05) is 9.52 Å². The molecule has 0 N–H and O–H groups in total. The first-order valence-electron chi connectivity index (χ1n) is 7.27. The monoisotopic (exact) mass is 264 g/mol. The quantitative estimate of drug-likeness (QED) is 0.348. The predicted molar refractivity (Wildman–Crippen MR) is 82.9 cm³/mol. The molecule has 100 valence electrons. The SMILES string of the molecule is CCCCCCCCCCC[SiH2]C(C)C.Cl. The summed E-state index contributed by atoms with van der Waals surface area (Å²) < 4.78 is 0. The van der Waals surface area contributed by atoms with Crippen molar-refractivity contribution in [3.63, 3.8) is 0 Å². The minimum Gasteiger partial charge on any atom is -0.147 e. The van der Waals surface area contributed by atoms with Crippen LogP contribution in [0.5, 0.6) is 0 Å². The zero-order chi connectivity index (χ0) is 11.4. The van der Waals surface area contributed by atoms with Crippen molar-refractivity contribution in [2.75, 3.05) is 0 Å². The lowest BCUT2D eigenvalue weighted by Gasteiger charge is -2.03. The van der Waals surface area contributed by atoms with Gasteiger partial charge >= 0.3 is 0 Å². The molecule has 0 aromatic heterocycles. The van der Waals surface area contributed by atoms with Gasteiger partial charge in [0.05, 0.1) is 0 Å². The van der Waals surface area contributed by atoms with E-state index in [-0.39, 0.29) is 12.4 Å². The minimum absolute atomic E-state index is 0. The van der Waals surface area contributed by atoms with Crippen LogP contribution in [-0.2, 0) is 0 Å². The van der Waals surface area contributed by atoms with Crippen LogP contribution in [0.4, 0.5) is 0 Å². The summed E-state index contributed by atoms with van der Waals surface area (Å²) in [5.74, 6) is 0. The van der Waals surface area contributed by atoms with Crippen LogP contribution in [0.3, 0.4) is 0 Å². The van der Waals surface area contributed by atoms with E-state index in [1.807, 2.05) is 0 Å². The van der Waals surface area contributed by atoms with Gasteiger partial charge in [0.15, 0.2) is 0 Å². The van der Waals surface area contributed by atoms with Gasteiger partial charge in [-0.25, -0.2) is 0 Å². The second-order valence-electron chi connectivity index (χ2n) is 5.36. The van der Waals surface area contributed by atoms with Crippen molar-refractivity contribution < 1.29 is 0 Å². The molecule has 0 fully saturated rings. The normalized spacial score (nSPS) is 11.2. The summed E-state index contributed by atoms with van der Waals surface area (Å²) in [6.45, 7) is 7.07. The van der Waals surface area contributed by atoms with Crippen LogP contribution in [0.25, 0.3) is 0 Å². The zero-order valence-electron chi connectivity index (χ0n) is 11.8. The fourth-order valence-electron chi connectivity index (χ4n) is 2.04. The lowest BCUT2D eigenvalue weighted by atomic mass is 10.1. The van der Waals surface area contributed by atoms with E-state index in [4.69, 9.17) is 0 Å². The molecule has 0 rings (SSSR count). The Morgan fingerprint density at radius 2 is 1.19 bits per heavy atom. The maximum Gasteiger partial charge on any atom is 0.0224 e. The van der Waals surface area contributed by atoms with Crippen LogP contribution < -0.4 is 0 Å². The van der Waals surface area contributed by atoms with Crippen molar-refractivity contribution in [1.82, 2.24) is 0 Å². The van der Waals surface area contributed by atoms with Gasteiger partial charge in [0.1, 0.15) is 0 Å². The summed E-state index contributed by atoms with van der Waals surface area (Å²) in [7, 11) is 0.295. The number of unbranched alkanes of at least 4 members (excludes halogenated alkanes) is 8. The van der Waals surface area contributed by atoms with Crippen molar-refractivity contribution in [1.29, 1.82) is 0 Å². The highest BCUT2D eigenvalue weighted by molar-refractivity contribution is 6.37. The largest absolute Gasteiger partial charge is 0.147 e. The first-order chi connectivity index (χ1) is 7.27. The second kappa shape index (κ2) is 15.5. The van der Waals surface area contributed by atoms with Gasteiger partial charge in [-0.1, -0.05) is 90.1 Å². The first-order valence-corrected chi connectivity index (χ1v) is 9.09. The molecular formula is C14H33ClSi. The van der Waals surface area contributed by atoms with Crippen LogP contribution >= 0.6 is 12.4 Å².